The highest BCUT2D eigenvalue weighted by Crippen LogP contribution is 2.38. The number of hydrogen-bond acceptors (Lipinski definition) is 3. The summed E-state index contributed by atoms with van der Waals surface area (Å²) in [7, 11) is 0. The van der Waals surface area contributed by atoms with E-state index in [1.54, 1.807) is 44.3 Å². The van der Waals surface area contributed by atoms with E-state index < -0.39 is 10.7 Å². The van der Waals surface area contributed by atoms with Crippen LogP contribution in [0.5, 0.6) is 0 Å². The van der Waals surface area contributed by atoms with E-state index in [9.17, 15) is 14.3 Å². The predicted octanol–water partition coefficient (Wildman–Crippen LogP) is 5.00. The highest BCUT2D eigenvalue weighted by molar-refractivity contribution is 8.01. The summed E-state index contributed by atoms with van der Waals surface area (Å²) in [4.78, 5) is 16.5. The topological polar surface area (TPSA) is 50.2 Å². The van der Waals surface area contributed by atoms with Crippen LogP contribution in [0.2, 0.25) is 0 Å². The fourth-order valence-electron chi connectivity index (χ4n) is 2.39. The van der Waals surface area contributed by atoms with Gasteiger partial charge in [-0.3, -0.25) is 9.78 Å². The maximum atomic E-state index is 14.1. The van der Waals surface area contributed by atoms with E-state index >= 15 is 0 Å². The maximum absolute atomic E-state index is 14.1. The molecule has 1 aromatic heterocycles. The van der Waals surface area contributed by atoms with Crippen molar-refractivity contribution in [3.63, 3.8) is 0 Å². The minimum atomic E-state index is -0.970. The van der Waals surface area contributed by atoms with Crippen molar-refractivity contribution in [3.8, 4) is 11.1 Å². The van der Waals surface area contributed by atoms with Gasteiger partial charge in [0.1, 0.15) is 10.6 Å². The highest BCUT2D eigenvalue weighted by atomic mass is 32.2. The molecule has 3 aromatic rings. The monoisotopic (exact) mass is 341 g/mol. The second kappa shape index (κ2) is 6.24. The normalized spacial score (nSPS) is 11.6. The Morgan fingerprint density at radius 2 is 1.92 bits per heavy atom. The summed E-state index contributed by atoms with van der Waals surface area (Å²) >= 11 is 1.26. The Morgan fingerprint density at radius 1 is 1.17 bits per heavy atom. The van der Waals surface area contributed by atoms with Gasteiger partial charge in [0.2, 0.25) is 0 Å². The SMILES string of the molecule is CC(C)(Sc1ccnc2ccc(-c3ccccc3F)cc12)C(=O)O. The van der Waals surface area contributed by atoms with E-state index in [1.165, 1.54) is 17.8 Å². The molecule has 0 aliphatic heterocycles. The number of nitrogens with zero attached hydrogens (tertiary/aromatic N) is 1. The van der Waals surface area contributed by atoms with Crippen molar-refractivity contribution in [1.82, 2.24) is 4.98 Å². The van der Waals surface area contributed by atoms with Crippen LogP contribution in [0.25, 0.3) is 22.0 Å². The van der Waals surface area contributed by atoms with Gasteiger partial charge in [-0.15, -0.1) is 11.8 Å². The largest absolute Gasteiger partial charge is 0.480 e. The minimum Gasteiger partial charge on any atom is -0.480 e. The Kier molecular flexibility index (Phi) is 4.28. The number of carboxylic acid groups (broad SMARTS) is 1. The first-order valence-electron chi connectivity index (χ1n) is 7.44. The number of thioether (sulfide) groups is 1. The predicted molar refractivity (Wildman–Crippen MR) is 94.7 cm³/mol. The van der Waals surface area contributed by atoms with Gasteiger partial charge in [0.15, 0.2) is 0 Å². The first-order valence-corrected chi connectivity index (χ1v) is 8.26. The average Bonchev–Trinajstić information content (AvgIpc) is 2.55. The maximum Gasteiger partial charge on any atom is 0.319 e. The molecule has 5 heteroatoms. The summed E-state index contributed by atoms with van der Waals surface area (Å²) in [5, 5.41) is 10.2. The highest BCUT2D eigenvalue weighted by Gasteiger charge is 2.29. The van der Waals surface area contributed by atoms with Crippen molar-refractivity contribution in [1.29, 1.82) is 0 Å². The number of carboxylic acids is 1. The summed E-state index contributed by atoms with van der Waals surface area (Å²) < 4.78 is 13.1. The van der Waals surface area contributed by atoms with Crippen LogP contribution in [0, 0.1) is 5.82 Å². The van der Waals surface area contributed by atoms with Crippen LogP contribution in [0.15, 0.2) is 59.6 Å². The number of rotatable bonds is 4. The zero-order valence-corrected chi connectivity index (χ0v) is 14.1. The number of hydrogen-bond donors (Lipinski definition) is 1. The van der Waals surface area contributed by atoms with Crippen LogP contribution in [0.4, 0.5) is 4.39 Å². The minimum absolute atomic E-state index is 0.291. The van der Waals surface area contributed by atoms with Crippen LogP contribution >= 0.6 is 11.8 Å². The Balaban J connectivity index is 2.13. The lowest BCUT2D eigenvalue weighted by Gasteiger charge is -2.19. The number of halogens is 1. The fraction of sp³-hybridized carbons (Fsp3) is 0.158. The standard InChI is InChI=1S/C19H16FNO2S/c1-19(2,18(22)23)24-17-9-10-21-16-8-7-12(11-14(16)17)13-5-3-4-6-15(13)20/h3-11H,1-2H3,(H,22,23). The van der Waals surface area contributed by atoms with E-state index in [-0.39, 0.29) is 5.82 Å². The molecule has 0 amide bonds. The van der Waals surface area contributed by atoms with Crippen molar-refractivity contribution >= 4 is 28.6 Å². The second-order valence-electron chi connectivity index (χ2n) is 5.94. The zero-order chi connectivity index (χ0) is 17.3. The number of carbonyl (C=O) groups is 1. The lowest BCUT2D eigenvalue weighted by molar-refractivity contribution is -0.138. The van der Waals surface area contributed by atoms with E-state index in [1.807, 2.05) is 18.2 Å². The van der Waals surface area contributed by atoms with Gasteiger partial charge < -0.3 is 5.11 Å². The van der Waals surface area contributed by atoms with Crippen LogP contribution in [0.3, 0.4) is 0 Å². The van der Waals surface area contributed by atoms with Crippen molar-refractivity contribution in [2.24, 2.45) is 0 Å². The number of aromatic nitrogens is 1. The van der Waals surface area contributed by atoms with Crippen molar-refractivity contribution in [3.05, 3.63) is 60.5 Å². The molecular weight excluding hydrogens is 325 g/mol. The molecule has 3 nitrogen and oxygen atoms in total. The van der Waals surface area contributed by atoms with E-state index in [0.717, 1.165) is 21.4 Å². The Bertz CT molecular complexity index is 924. The molecule has 1 N–H and O–H groups in total. The van der Waals surface area contributed by atoms with Gasteiger partial charge in [-0.2, -0.15) is 0 Å². The first kappa shape index (κ1) is 16.5. The molecule has 122 valence electrons. The fourth-order valence-corrected chi connectivity index (χ4v) is 3.43. The lowest BCUT2D eigenvalue weighted by atomic mass is 10.0. The molecule has 3 rings (SSSR count). The Labute approximate surface area is 143 Å². The van der Waals surface area contributed by atoms with Crippen molar-refractivity contribution in [2.75, 3.05) is 0 Å². The van der Waals surface area contributed by atoms with E-state index in [0.29, 0.717) is 5.56 Å². The molecule has 0 saturated carbocycles. The van der Waals surface area contributed by atoms with Crippen molar-refractivity contribution < 1.29 is 14.3 Å². The quantitative estimate of drug-likeness (QED) is 0.679. The van der Waals surface area contributed by atoms with Crippen LogP contribution < -0.4 is 0 Å². The van der Waals surface area contributed by atoms with Crippen LogP contribution in [-0.2, 0) is 4.79 Å². The van der Waals surface area contributed by atoms with Gasteiger partial charge in [0.05, 0.1) is 5.52 Å². The number of benzene rings is 2. The van der Waals surface area contributed by atoms with Crippen LogP contribution in [-0.4, -0.2) is 20.8 Å². The first-order chi connectivity index (χ1) is 11.4. The number of aliphatic carboxylic acids is 1. The molecule has 1 heterocycles. The van der Waals surface area contributed by atoms with Gasteiger partial charge in [-0.25, -0.2) is 4.39 Å². The average molecular weight is 341 g/mol. The lowest BCUT2D eigenvalue weighted by Crippen LogP contribution is -2.26. The summed E-state index contributed by atoms with van der Waals surface area (Å²) in [6, 6.07) is 13.9. The molecule has 0 spiro atoms. The Morgan fingerprint density at radius 3 is 2.62 bits per heavy atom. The molecule has 0 aliphatic carbocycles. The van der Waals surface area contributed by atoms with Gasteiger partial charge in [0, 0.05) is 22.0 Å². The molecule has 0 fully saturated rings. The van der Waals surface area contributed by atoms with Gasteiger partial charge in [-0.1, -0.05) is 24.3 Å². The molecule has 0 atom stereocenters. The molecule has 0 unspecified atom stereocenters. The van der Waals surface area contributed by atoms with Crippen LogP contribution in [0.1, 0.15) is 13.8 Å². The third kappa shape index (κ3) is 3.12. The van der Waals surface area contributed by atoms with Crippen molar-refractivity contribution in [2.45, 2.75) is 23.5 Å². The Hall–Kier alpha value is -2.40. The van der Waals surface area contributed by atoms with E-state index in [4.69, 9.17) is 0 Å². The molecule has 0 bridgehead atoms. The third-order valence-electron chi connectivity index (χ3n) is 3.77. The molecule has 2 aromatic carbocycles. The van der Waals surface area contributed by atoms with Gasteiger partial charge in [0.25, 0.3) is 0 Å². The molecule has 0 saturated heterocycles. The molecular formula is C19H16FNO2S. The third-order valence-corrected chi connectivity index (χ3v) is 5.03. The second-order valence-corrected chi connectivity index (χ2v) is 7.60. The molecule has 0 aliphatic rings. The number of pyridine rings is 1. The summed E-state index contributed by atoms with van der Waals surface area (Å²) in [6.45, 7) is 3.32. The molecule has 24 heavy (non-hydrogen) atoms. The number of fused-ring (bicyclic) bond motifs is 1. The summed E-state index contributed by atoms with van der Waals surface area (Å²) in [5.74, 6) is -1.18. The van der Waals surface area contributed by atoms with Gasteiger partial charge >= 0.3 is 5.97 Å². The molecule has 0 radical (unpaired) electrons. The zero-order valence-electron chi connectivity index (χ0n) is 13.3. The summed E-state index contributed by atoms with van der Waals surface area (Å²) in [6.07, 6.45) is 1.66. The van der Waals surface area contributed by atoms with E-state index in [2.05, 4.69) is 4.98 Å². The summed E-state index contributed by atoms with van der Waals surface area (Å²) in [5.41, 5.74) is 2.00. The van der Waals surface area contributed by atoms with Gasteiger partial charge in [-0.05, 0) is 43.7 Å². The smallest absolute Gasteiger partial charge is 0.319 e.